The van der Waals surface area contributed by atoms with E-state index in [1.54, 1.807) is 0 Å². The fourth-order valence-electron chi connectivity index (χ4n) is 1.16. The first-order valence-corrected chi connectivity index (χ1v) is 5.16. The number of nitro benzene ring substituents is 1. The van der Waals surface area contributed by atoms with Crippen molar-refractivity contribution < 1.29 is 27.3 Å². The monoisotopic (exact) mass is 315 g/mol. The number of carbonyl (C=O) groups excluding carboxylic acids is 1. The SMILES string of the molecule is Nc1c(NC(=O)C(F)(F)C(F)F)cc(Cl)cc1[N+](=O)[O-]. The second-order valence-electron chi connectivity index (χ2n) is 3.52. The van der Waals surface area contributed by atoms with Gasteiger partial charge in [-0.15, -0.1) is 0 Å². The number of nitro groups is 1. The molecule has 1 amide bonds. The van der Waals surface area contributed by atoms with Gasteiger partial charge in [0.1, 0.15) is 5.69 Å². The third-order valence-electron chi connectivity index (χ3n) is 2.14. The van der Waals surface area contributed by atoms with Crippen molar-refractivity contribution in [2.45, 2.75) is 12.3 Å². The zero-order chi connectivity index (χ0) is 15.7. The summed E-state index contributed by atoms with van der Waals surface area (Å²) < 4.78 is 49.4. The molecule has 0 atom stereocenters. The van der Waals surface area contributed by atoms with Crippen LogP contribution >= 0.6 is 11.6 Å². The number of rotatable bonds is 4. The van der Waals surface area contributed by atoms with Crippen LogP contribution in [0.5, 0.6) is 0 Å². The summed E-state index contributed by atoms with van der Waals surface area (Å²) >= 11 is 5.48. The fourth-order valence-corrected chi connectivity index (χ4v) is 1.38. The highest BCUT2D eigenvalue weighted by molar-refractivity contribution is 6.31. The summed E-state index contributed by atoms with van der Waals surface area (Å²) in [7, 11) is 0. The van der Waals surface area contributed by atoms with Crippen LogP contribution in [0.1, 0.15) is 0 Å². The van der Waals surface area contributed by atoms with E-state index < -0.39 is 40.2 Å². The van der Waals surface area contributed by atoms with E-state index >= 15 is 0 Å². The lowest BCUT2D eigenvalue weighted by atomic mass is 10.2. The highest BCUT2D eigenvalue weighted by atomic mass is 35.5. The molecular formula is C9H6ClF4N3O3. The molecule has 110 valence electrons. The van der Waals surface area contributed by atoms with Gasteiger partial charge < -0.3 is 11.1 Å². The van der Waals surface area contributed by atoms with Crippen molar-refractivity contribution >= 4 is 34.6 Å². The van der Waals surface area contributed by atoms with Crippen LogP contribution in [0.3, 0.4) is 0 Å². The predicted molar refractivity (Wildman–Crippen MR) is 62.1 cm³/mol. The van der Waals surface area contributed by atoms with Crippen molar-refractivity contribution in [1.82, 2.24) is 0 Å². The smallest absolute Gasteiger partial charge is 0.383 e. The molecule has 0 aliphatic rings. The van der Waals surface area contributed by atoms with Gasteiger partial charge >= 0.3 is 18.3 Å². The van der Waals surface area contributed by atoms with Gasteiger partial charge in [0.15, 0.2) is 0 Å². The topological polar surface area (TPSA) is 98.3 Å². The van der Waals surface area contributed by atoms with E-state index in [9.17, 15) is 32.5 Å². The van der Waals surface area contributed by atoms with Crippen molar-refractivity contribution in [2.75, 3.05) is 11.1 Å². The van der Waals surface area contributed by atoms with E-state index in [0.717, 1.165) is 12.1 Å². The van der Waals surface area contributed by atoms with Crippen molar-refractivity contribution in [3.63, 3.8) is 0 Å². The highest BCUT2D eigenvalue weighted by Gasteiger charge is 2.49. The molecule has 3 N–H and O–H groups in total. The maximum Gasteiger partial charge on any atom is 0.383 e. The Bertz CT molecular complexity index is 568. The van der Waals surface area contributed by atoms with Gasteiger partial charge in [0.05, 0.1) is 10.6 Å². The van der Waals surface area contributed by atoms with Crippen molar-refractivity contribution in [3.8, 4) is 0 Å². The molecule has 0 fully saturated rings. The molecule has 0 heterocycles. The number of nitrogen functional groups attached to an aromatic ring is 1. The van der Waals surface area contributed by atoms with Crippen LogP contribution in [-0.2, 0) is 4.79 Å². The predicted octanol–water partition coefficient (Wildman–Crippen LogP) is 2.67. The number of benzene rings is 1. The molecule has 1 rings (SSSR count). The van der Waals surface area contributed by atoms with Crippen LogP contribution in [0, 0.1) is 10.1 Å². The molecule has 0 bridgehead atoms. The Kier molecular flexibility index (Phi) is 4.38. The van der Waals surface area contributed by atoms with Crippen molar-refractivity contribution in [3.05, 3.63) is 27.3 Å². The summed E-state index contributed by atoms with van der Waals surface area (Å²) in [4.78, 5) is 20.6. The average Bonchev–Trinajstić information content (AvgIpc) is 2.32. The van der Waals surface area contributed by atoms with Crippen LogP contribution in [0.25, 0.3) is 0 Å². The second-order valence-corrected chi connectivity index (χ2v) is 3.96. The number of nitrogens with one attached hydrogen (secondary N) is 1. The Labute approximate surface area is 113 Å². The standard InChI is InChI=1S/C9H6ClF4N3O3/c10-3-1-4(6(15)5(2-3)17(19)20)16-8(18)9(13,14)7(11)12/h1-2,7H,15H2,(H,16,18). The summed E-state index contributed by atoms with van der Waals surface area (Å²) in [6.45, 7) is 0. The molecule has 0 unspecified atom stereocenters. The highest BCUT2D eigenvalue weighted by Crippen LogP contribution is 2.34. The zero-order valence-corrected chi connectivity index (χ0v) is 10.1. The minimum Gasteiger partial charge on any atom is -0.391 e. The Morgan fingerprint density at radius 2 is 2.00 bits per heavy atom. The van der Waals surface area contributed by atoms with Crippen molar-refractivity contribution in [2.24, 2.45) is 0 Å². The van der Waals surface area contributed by atoms with Gasteiger partial charge in [-0.1, -0.05) is 11.6 Å². The van der Waals surface area contributed by atoms with E-state index in [4.69, 9.17) is 17.3 Å². The molecule has 1 aromatic carbocycles. The van der Waals surface area contributed by atoms with E-state index in [0.29, 0.717) is 0 Å². The maximum absolute atomic E-state index is 12.7. The lowest BCUT2D eigenvalue weighted by Gasteiger charge is -2.15. The quantitative estimate of drug-likeness (QED) is 0.386. The summed E-state index contributed by atoms with van der Waals surface area (Å²) in [6, 6.07) is 1.64. The van der Waals surface area contributed by atoms with Gasteiger partial charge in [0.2, 0.25) is 0 Å². The fraction of sp³-hybridized carbons (Fsp3) is 0.222. The molecule has 0 saturated carbocycles. The Morgan fingerprint density at radius 1 is 1.45 bits per heavy atom. The number of alkyl halides is 4. The van der Waals surface area contributed by atoms with Gasteiger partial charge in [-0.25, -0.2) is 8.78 Å². The third kappa shape index (κ3) is 3.07. The molecule has 0 saturated heterocycles. The molecule has 0 spiro atoms. The van der Waals surface area contributed by atoms with Crippen LogP contribution in [0.15, 0.2) is 12.1 Å². The molecule has 0 radical (unpaired) electrons. The number of halogens is 5. The Hall–Kier alpha value is -2.10. The number of anilines is 2. The molecule has 20 heavy (non-hydrogen) atoms. The van der Waals surface area contributed by atoms with Gasteiger partial charge in [0.25, 0.3) is 5.69 Å². The number of hydrogen-bond donors (Lipinski definition) is 2. The minimum atomic E-state index is -4.97. The van der Waals surface area contributed by atoms with E-state index in [-0.39, 0.29) is 5.02 Å². The lowest BCUT2D eigenvalue weighted by molar-refractivity contribution is -0.383. The average molecular weight is 316 g/mol. The van der Waals surface area contributed by atoms with E-state index in [1.165, 1.54) is 5.32 Å². The summed E-state index contributed by atoms with van der Waals surface area (Å²) in [5.74, 6) is -7.32. The minimum absolute atomic E-state index is 0.290. The Balaban J connectivity index is 3.17. The van der Waals surface area contributed by atoms with Crippen LogP contribution in [-0.4, -0.2) is 23.2 Å². The summed E-state index contributed by atoms with van der Waals surface area (Å²) in [5.41, 5.74) is 3.18. The third-order valence-corrected chi connectivity index (χ3v) is 2.36. The lowest BCUT2D eigenvalue weighted by Crippen LogP contribution is -2.41. The van der Waals surface area contributed by atoms with E-state index in [1.807, 2.05) is 0 Å². The largest absolute Gasteiger partial charge is 0.391 e. The molecule has 0 aliphatic heterocycles. The van der Waals surface area contributed by atoms with Crippen LogP contribution in [0.4, 0.5) is 34.6 Å². The number of carbonyl (C=O) groups is 1. The van der Waals surface area contributed by atoms with Gasteiger partial charge in [-0.3, -0.25) is 14.9 Å². The van der Waals surface area contributed by atoms with Crippen LogP contribution in [0.2, 0.25) is 5.02 Å². The molecule has 1 aromatic rings. The Morgan fingerprint density at radius 3 is 2.45 bits per heavy atom. The molecule has 6 nitrogen and oxygen atoms in total. The molecule has 11 heteroatoms. The normalized spacial score (nSPS) is 11.5. The number of nitrogens with zero attached hydrogens (tertiary/aromatic N) is 1. The number of amides is 1. The first-order valence-electron chi connectivity index (χ1n) is 4.78. The number of nitrogens with two attached hydrogens (primary N) is 1. The summed E-state index contributed by atoms with van der Waals surface area (Å²) in [5, 5.41) is 11.7. The summed E-state index contributed by atoms with van der Waals surface area (Å²) in [6.07, 6.45) is -4.24. The first kappa shape index (κ1) is 16.0. The molecular weight excluding hydrogens is 310 g/mol. The maximum atomic E-state index is 12.7. The van der Waals surface area contributed by atoms with E-state index in [2.05, 4.69) is 0 Å². The molecule has 0 aromatic heterocycles. The zero-order valence-electron chi connectivity index (χ0n) is 9.37. The van der Waals surface area contributed by atoms with Crippen LogP contribution < -0.4 is 11.1 Å². The van der Waals surface area contributed by atoms with Gasteiger partial charge in [-0.05, 0) is 6.07 Å². The second kappa shape index (κ2) is 5.49. The first-order chi connectivity index (χ1) is 9.07. The molecule has 0 aliphatic carbocycles. The van der Waals surface area contributed by atoms with Gasteiger partial charge in [0, 0.05) is 11.1 Å². The van der Waals surface area contributed by atoms with Crippen molar-refractivity contribution in [1.29, 1.82) is 0 Å². The van der Waals surface area contributed by atoms with Gasteiger partial charge in [-0.2, -0.15) is 8.78 Å². The number of hydrogen-bond acceptors (Lipinski definition) is 4.